The molecule has 2 N–H and O–H groups in total. The molecule has 0 atom stereocenters. The van der Waals surface area contributed by atoms with Crippen molar-refractivity contribution in [2.24, 2.45) is 5.73 Å². The molecule has 0 bridgehead atoms. The number of para-hydroxylation sites is 1. The van der Waals surface area contributed by atoms with Crippen molar-refractivity contribution in [3.63, 3.8) is 0 Å². The Bertz CT molecular complexity index is 546. The number of halogens is 1. The zero-order chi connectivity index (χ0) is 14.9. The Balaban J connectivity index is 1.75. The van der Waals surface area contributed by atoms with Gasteiger partial charge in [0, 0.05) is 6.42 Å². The van der Waals surface area contributed by atoms with Gasteiger partial charge in [-0.05, 0) is 48.9 Å². The third-order valence-corrected chi connectivity index (χ3v) is 2.99. The largest absolute Gasteiger partial charge is 0.493 e. The van der Waals surface area contributed by atoms with Gasteiger partial charge in [0.05, 0.1) is 13.2 Å². The topological polar surface area (TPSA) is 44.5 Å². The second-order valence-corrected chi connectivity index (χ2v) is 4.65. The maximum absolute atomic E-state index is 13.2. The summed E-state index contributed by atoms with van der Waals surface area (Å²) in [5.74, 6) is 1.28. The van der Waals surface area contributed by atoms with Gasteiger partial charge in [0.1, 0.15) is 17.3 Å². The molecule has 4 heteroatoms. The summed E-state index contributed by atoms with van der Waals surface area (Å²) >= 11 is 0. The van der Waals surface area contributed by atoms with Gasteiger partial charge in [-0.3, -0.25) is 0 Å². The van der Waals surface area contributed by atoms with Crippen LogP contribution in [0.3, 0.4) is 0 Å². The van der Waals surface area contributed by atoms with E-state index in [1.54, 1.807) is 6.07 Å². The van der Waals surface area contributed by atoms with Crippen LogP contribution in [0, 0.1) is 5.82 Å². The van der Waals surface area contributed by atoms with Crippen LogP contribution in [0.25, 0.3) is 0 Å². The normalized spacial score (nSPS) is 10.4. The molecule has 0 saturated heterocycles. The van der Waals surface area contributed by atoms with E-state index in [0.29, 0.717) is 31.9 Å². The Kier molecular flexibility index (Phi) is 6.03. The highest BCUT2D eigenvalue weighted by atomic mass is 19.1. The minimum absolute atomic E-state index is 0.266. The van der Waals surface area contributed by atoms with Crippen molar-refractivity contribution in [1.29, 1.82) is 0 Å². The molecule has 0 aliphatic carbocycles. The van der Waals surface area contributed by atoms with Crippen molar-refractivity contribution in [3.05, 3.63) is 59.9 Å². The van der Waals surface area contributed by atoms with Crippen LogP contribution in [-0.2, 0) is 6.42 Å². The van der Waals surface area contributed by atoms with E-state index >= 15 is 0 Å². The predicted octanol–water partition coefficient (Wildman–Crippen LogP) is 3.17. The lowest BCUT2D eigenvalue weighted by Crippen LogP contribution is -2.08. The van der Waals surface area contributed by atoms with Gasteiger partial charge in [0.15, 0.2) is 0 Å². The predicted molar refractivity (Wildman–Crippen MR) is 81.2 cm³/mol. The molecule has 0 aliphatic heterocycles. The van der Waals surface area contributed by atoms with Crippen LogP contribution in [-0.4, -0.2) is 19.8 Å². The summed E-state index contributed by atoms with van der Waals surface area (Å²) in [6.07, 6.45) is 1.36. The summed E-state index contributed by atoms with van der Waals surface area (Å²) in [6, 6.07) is 14.2. The molecule has 0 radical (unpaired) electrons. The summed E-state index contributed by atoms with van der Waals surface area (Å²) in [4.78, 5) is 0. The van der Waals surface area contributed by atoms with Crippen LogP contribution < -0.4 is 15.2 Å². The average Bonchev–Trinajstić information content (AvgIpc) is 2.50. The highest BCUT2D eigenvalue weighted by Crippen LogP contribution is 2.20. The van der Waals surface area contributed by atoms with E-state index in [-0.39, 0.29) is 5.82 Å². The van der Waals surface area contributed by atoms with Gasteiger partial charge in [-0.15, -0.1) is 0 Å². The number of benzene rings is 2. The van der Waals surface area contributed by atoms with Gasteiger partial charge in [-0.1, -0.05) is 18.2 Å². The number of hydrogen-bond acceptors (Lipinski definition) is 3. The monoisotopic (exact) mass is 289 g/mol. The molecule has 0 unspecified atom stereocenters. The second-order valence-electron chi connectivity index (χ2n) is 4.65. The van der Waals surface area contributed by atoms with E-state index in [0.717, 1.165) is 17.7 Å². The number of rotatable bonds is 8. The maximum atomic E-state index is 13.2. The number of hydrogen-bond donors (Lipinski definition) is 1. The van der Waals surface area contributed by atoms with Crippen molar-refractivity contribution < 1.29 is 13.9 Å². The van der Waals surface area contributed by atoms with Gasteiger partial charge in [0.25, 0.3) is 0 Å². The summed E-state index contributed by atoms with van der Waals surface area (Å²) in [5, 5.41) is 0. The highest BCUT2D eigenvalue weighted by Gasteiger charge is 2.05. The fraction of sp³-hybridized carbons (Fsp3) is 0.294. The summed E-state index contributed by atoms with van der Waals surface area (Å²) < 4.78 is 24.4. The van der Waals surface area contributed by atoms with Crippen molar-refractivity contribution in [1.82, 2.24) is 0 Å². The number of nitrogens with two attached hydrogens (primary N) is 1. The molecule has 2 aromatic rings. The SMILES string of the molecule is NCCc1cc(F)ccc1OCCCOc1ccccc1. The van der Waals surface area contributed by atoms with Gasteiger partial charge < -0.3 is 15.2 Å². The zero-order valence-corrected chi connectivity index (χ0v) is 11.9. The van der Waals surface area contributed by atoms with Crippen LogP contribution in [0.4, 0.5) is 4.39 Å². The molecular weight excluding hydrogens is 269 g/mol. The molecule has 0 saturated carbocycles. The molecule has 0 aliphatic rings. The molecule has 2 aromatic carbocycles. The third kappa shape index (κ3) is 5.08. The first-order chi connectivity index (χ1) is 10.3. The van der Waals surface area contributed by atoms with Crippen LogP contribution in [0.15, 0.2) is 48.5 Å². The first-order valence-electron chi connectivity index (χ1n) is 7.09. The molecule has 0 heterocycles. The van der Waals surface area contributed by atoms with Crippen molar-refractivity contribution in [2.75, 3.05) is 19.8 Å². The lowest BCUT2D eigenvalue weighted by Gasteiger charge is -2.11. The smallest absolute Gasteiger partial charge is 0.123 e. The highest BCUT2D eigenvalue weighted by molar-refractivity contribution is 5.34. The van der Waals surface area contributed by atoms with Gasteiger partial charge >= 0.3 is 0 Å². The van der Waals surface area contributed by atoms with Crippen LogP contribution in [0.5, 0.6) is 11.5 Å². The summed E-state index contributed by atoms with van der Waals surface area (Å²) in [5.41, 5.74) is 6.33. The van der Waals surface area contributed by atoms with Crippen molar-refractivity contribution in [2.45, 2.75) is 12.8 Å². The van der Waals surface area contributed by atoms with E-state index in [4.69, 9.17) is 15.2 Å². The summed E-state index contributed by atoms with van der Waals surface area (Å²) in [6.45, 7) is 1.57. The van der Waals surface area contributed by atoms with E-state index in [1.807, 2.05) is 30.3 Å². The molecular formula is C17H20FNO2. The fourth-order valence-corrected chi connectivity index (χ4v) is 1.99. The first-order valence-corrected chi connectivity index (χ1v) is 7.09. The Morgan fingerprint density at radius 3 is 2.48 bits per heavy atom. The minimum atomic E-state index is -0.266. The zero-order valence-electron chi connectivity index (χ0n) is 11.9. The molecule has 21 heavy (non-hydrogen) atoms. The van der Waals surface area contributed by atoms with Crippen molar-refractivity contribution in [3.8, 4) is 11.5 Å². The third-order valence-electron chi connectivity index (χ3n) is 2.99. The van der Waals surface area contributed by atoms with E-state index in [9.17, 15) is 4.39 Å². The summed E-state index contributed by atoms with van der Waals surface area (Å²) in [7, 11) is 0. The molecule has 0 aromatic heterocycles. The minimum Gasteiger partial charge on any atom is -0.493 e. The quantitative estimate of drug-likeness (QED) is 0.759. The second kappa shape index (κ2) is 8.27. The molecule has 0 spiro atoms. The van der Waals surface area contributed by atoms with Gasteiger partial charge in [-0.2, -0.15) is 0 Å². The Morgan fingerprint density at radius 2 is 1.71 bits per heavy atom. The Hall–Kier alpha value is -2.07. The first kappa shape index (κ1) is 15.3. The van der Waals surface area contributed by atoms with Gasteiger partial charge in [0.2, 0.25) is 0 Å². The van der Waals surface area contributed by atoms with Crippen LogP contribution >= 0.6 is 0 Å². The maximum Gasteiger partial charge on any atom is 0.123 e. The van der Waals surface area contributed by atoms with Crippen LogP contribution in [0.2, 0.25) is 0 Å². The van der Waals surface area contributed by atoms with E-state index < -0.39 is 0 Å². The van der Waals surface area contributed by atoms with Crippen LogP contribution in [0.1, 0.15) is 12.0 Å². The number of ether oxygens (including phenoxy) is 2. The standard InChI is InChI=1S/C17H20FNO2/c18-15-7-8-17(14(13-15)9-10-19)21-12-4-11-20-16-5-2-1-3-6-16/h1-3,5-8,13H,4,9-12,19H2. The lowest BCUT2D eigenvalue weighted by atomic mass is 10.1. The fourth-order valence-electron chi connectivity index (χ4n) is 1.99. The average molecular weight is 289 g/mol. The van der Waals surface area contributed by atoms with Crippen molar-refractivity contribution >= 4 is 0 Å². The molecule has 0 amide bonds. The molecule has 0 fully saturated rings. The molecule has 112 valence electrons. The molecule has 2 rings (SSSR count). The van der Waals surface area contributed by atoms with E-state index in [1.165, 1.54) is 12.1 Å². The van der Waals surface area contributed by atoms with Gasteiger partial charge in [-0.25, -0.2) is 4.39 Å². The van der Waals surface area contributed by atoms with E-state index in [2.05, 4.69) is 0 Å². The Labute approximate surface area is 124 Å². The lowest BCUT2D eigenvalue weighted by molar-refractivity contribution is 0.246. The Morgan fingerprint density at radius 1 is 0.952 bits per heavy atom. The molecule has 3 nitrogen and oxygen atoms in total.